The fraction of sp³-hybridized carbons (Fsp3) is 1.00. The SMILES string of the molecule is CC1(C)CC(NCC(C)(O)CO)CC(C)(C)C1. The Morgan fingerprint density at radius 2 is 1.65 bits per heavy atom. The van der Waals surface area contributed by atoms with Crippen LogP contribution in [0.1, 0.15) is 53.9 Å². The van der Waals surface area contributed by atoms with Gasteiger partial charge < -0.3 is 15.5 Å². The average Bonchev–Trinajstić information content (AvgIpc) is 2.10. The lowest BCUT2D eigenvalue weighted by molar-refractivity contribution is -0.00602. The molecule has 0 radical (unpaired) electrons. The summed E-state index contributed by atoms with van der Waals surface area (Å²) in [6.45, 7) is 11.2. The van der Waals surface area contributed by atoms with E-state index in [0.717, 1.165) is 12.8 Å². The van der Waals surface area contributed by atoms with Gasteiger partial charge in [0.05, 0.1) is 12.2 Å². The second-order valence-corrected chi connectivity index (χ2v) is 7.65. The normalized spacial score (nSPS) is 27.7. The van der Waals surface area contributed by atoms with E-state index in [4.69, 9.17) is 5.11 Å². The van der Waals surface area contributed by atoms with Crippen molar-refractivity contribution in [2.75, 3.05) is 13.2 Å². The van der Waals surface area contributed by atoms with Crippen molar-refractivity contribution in [1.29, 1.82) is 0 Å². The monoisotopic (exact) mass is 243 g/mol. The van der Waals surface area contributed by atoms with Gasteiger partial charge in [-0.2, -0.15) is 0 Å². The Bertz CT molecular complexity index is 243. The fourth-order valence-electron chi connectivity index (χ4n) is 3.41. The quantitative estimate of drug-likeness (QED) is 0.707. The molecule has 0 amide bonds. The van der Waals surface area contributed by atoms with Crippen molar-refractivity contribution in [2.24, 2.45) is 10.8 Å². The second-order valence-electron chi connectivity index (χ2n) is 7.65. The van der Waals surface area contributed by atoms with Gasteiger partial charge in [-0.05, 0) is 37.0 Å². The Morgan fingerprint density at radius 3 is 2.06 bits per heavy atom. The third-order valence-electron chi connectivity index (χ3n) is 3.67. The van der Waals surface area contributed by atoms with E-state index in [1.807, 2.05) is 0 Å². The van der Waals surface area contributed by atoms with E-state index in [2.05, 4.69) is 33.0 Å². The first kappa shape index (κ1) is 14.9. The van der Waals surface area contributed by atoms with Crippen LogP contribution >= 0.6 is 0 Å². The molecule has 102 valence electrons. The van der Waals surface area contributed by atoms with Gasteiger partial charge in [0, 0.05) is 12.6 Å². The summed E-state index contributed by atoms with van der Waals surface area (Å²) in [7, 11) is 0. The van der Waals surface area contributed by atoms with Gasteiger partial charge in [0.2, 0.25) is 0 Å². The standard InChI is InChI=1S/C14H29NO2/c1-12(2)6-11(7-13(3,4)8-12)15-9-14(5,17)10-16/h11,15-17H,6-10H2,1-5H3. The summed E-state index contributed by atoms with van der Waals surface area (Å²) < 4.78 is 0. The molecule has 0 aromatic rings. The Balaban J connectivity index is 2.54. The van der Waals surface area contributed by atoms with Gasteiger partial charge in [-0.25, -0.2) is 0 Å². The predicted octanol–water partition coefficient (Wildman–Crippen LogP) is 1.92. The molecule has 3 N–H and O–H groups in total. The molecule has 1 fully saturated rings. The molecular weight excluding hydrogens is 214 g/mol. The number of hydrogen-bond acceptors (Lipinski definition) is 3. The van der Waals surface area contributed by atoms with Crippen molar-refractivity contribution in [3.63, 3.8) is 0 Å². The topological polar surface area (TPSA) is 52.5 Å². The summed E-state index contributed by atoms with van der Waals surface area (Å²) in [6.07, 6.45) is 3.52. The van der Waals surface area contributed by atoms with Crippen molar-refractivity contribution >= 4 is 0 Å². The molecule has 1 aliphatic carbocycles. The Hall–Kier alpha value is -0.120. The van der Waals surface area contributed by atoms with Crippen molar-refractivity contribution in [3.8, 4) is 0 Å². The molecule has 1 unspecified atom stereocenters. The zero-order valence-corrected chi connectivity index (χ0v) is 12.0. The van der Waals surface area contributed by atoms with Crippen molar-refractivity contribution in [1.82, 2.24) is 5.32 Å². The highest BCUT2D eigenvalue weighted by atomic mass is 16.3. The third kappa shape index (κ3) is 4.94. The lowest BCUT2D eigenvalue weighted by Crippen LogP contribution is -2.49. The van der Waals surface area contributed by atoms with Crippen molar-refractivity contribution in [3.05, 3.63) is 0 Å². The molecule has 0 saturated heterocycles. The Kier molecular flexibility index (Phi) is 4.28. The van der Waals surface area contributed by atoms with Gasteiger partial charge >= 0.3 is 0 Å². The Labute approximate surface area is 106 Å². The van der Waals surface area contributed by atoms with E-state index in [1.54, 1.807) is 6.92 Å². The van der Waals surface area contributed by atoms with Gasteiger partial charge in [0.15, 0.2) is 0 Å². The van der Waals surface area contributed by atoms with Crippen LogP contribution in [0.3, 0.4) is 0 Å². The van der Waals surface area contributed by atoms with Crippen LogP contribution in [0, 0.1) is 10.8 Å². The Morgan fingerprint density at radius 1 is 1.18 bits per heavy atom. The molecule has 3 nitrogen and oxygen atoms in total. The summed E-state index contributed by atoms with van der Waals surface area (Å²) in [5.41, 5.74) is -0.305. The van der Waals surface area contributed by atoms with Crippen LogP contribution < -0.4 is 5.32 Å². The van der Waals surface area contributed by atoms with E-state index in [-0.39, 0.29) is 6.61 Å². The van der Waals surface area contributed by atoms with Gasteiger partial charge in [-0.1, -0.05) is 27.7 Å². The highest BCUT2D eigenvalue weighted by Gasteiger charge is 2.38. The molecular formula is C14H29NO2. The van der Waals surface area contributed by atoms with E-state index in [9.17, 15) is 5.11 Å². The first-order valence-electron chi connectivity index (χ1n) is 6.62. The molecule has 0 heterocycles. The molecule has 17 heavy (non-hydrogen) atoms. The van der Waals surface area contributed by atoms with Crippen LogP contribution in [-0.2, 0) is 0 Å². The van der Waals surface area contributed by atoms with Crippen LogP contribution in [-0.4, -0.2) is 35.0 Å². The van der Waals surface area contributed by atoms with E-state index in [1.165, 1.54) is 6.42 Å². The maximum absolute atomic E-state index is 9.80. The maximum Gasteiger partial charge on any atom is 0.0972 e. The first-order valence-corrected chi connectivity index (χ1v) is 6.62. The molecule has 1 aliphatic rings. The zero-order chi connectivity index (χ0) is 13.3. The van der Waals surface area contributed by atoms with Crippen LogP contribution in [0.15, 0.2) is 0 Å². The highest BCUT2D eigenvalue weighted by Crippen LogP contribution is 2.45. The summed E-state index contributed by atoms with van der Waals surface area (Å²) in [5.74, 6) is 0. The third-order valence-corrected chi connectivity index (χ3v) is 3.67. The molecule has 1 saturated carbocycles. The minimum atomic E-state index is -1.01. The molecule has 1 rings (SSSR count). The van der Waals surface area contributed by atoms with Gasteiger partial charge in [0.1, 0.15) is 0 Å². The van der Waals surface area contributed by atoms with Gasteiger partial charge in [-0.15, -0.1) is 0 Å². The summed E-state index contributed by atoms with van der Waals surface area (Å²) in [4.78, 5) is 0. The fourth-order valence-corrected chi connectivity index (χ4v) is 3.41. The van der Waals surface area contributed by atoms with Crippen LogP contribution in [0.5, 0.6) is 0 Å². The summed E-state index contributed by atoms with van der Waals surface area (Å²) in [6, 6.07) is 0.437. The molecule has 3 heteroatoms. The minimum absolute atomic E-state index is 0.195. The highest BCUT2D eigenvalue weighted by molar-refractivity contribution is 4.93. The van der Waals surface area contributed by atoms with Gasteiger partial charge in [-0.3, -0.25) is 0 Å². The summed E-state index contributed by atoms with van der Waals surface area (Å²) in [5, 5.41) is 22.3. The predicted molar refractivity (Wildman–Crippen MR) is 70.9 cm³/mol. The number of rotatable bonds is 4. The number of hydrogen-bond donors (Lipinski definition) is 3. The number of aliphatic hydroxyl groups excluding tert-OH is 1. The summed E-state index contributed by atoms with van der Waals surface area (Å²) >= 11 is 0. The average molecular weight is 243 g/mol. The molecule has 0 aliphatic heterocycles. The van der Waals surface area contributed by atoms with E-state index >= 15 is 0 Å². The number of aliphatic hydroxyl groups is 2. The van der Waals surface area contributed by atoms with E-state index < -0.39 is 5.60 Å². The second kappa shape index (κ2) is 4.87. The molecule has 0 aromatic carbocycles. The largest absolute Gasteiger partial charge is 0.393 e. The van der Waals surface area contributed by atoms with Crippen molar-refractivity contribution < 1.29 is 10.2 Å². The van der Waals surface area contributed by atoms with Gasteiger partial charge in [0.25, 0.3) is 0 Å². The van der Waals surface area contributed by atoms with Crippen LogP contribution in [0.4, 0.5) is 0 Å². The minimum Gasteiger partial charge on any atom is -0.393 e. The lowest BCUT2D eigenvalue weighted by Gasteiger charge is -2.45. The number of nitrogens with one attached hydrogen (secondary N) is 1. The first-order chi connectivity index (χ1) is 7.55. The smallest absolute Gasteiger partial charge is 0.0972 e. The zero-order valence-electron chi connectivity index (χ0n) is 12.0. The van der Waals surface area contributed by atoms with E-state index in [0.29, 0.717) is 23.4 Å². The molecule has 0 spiro atoms. The lowest BCUT2D eigenvalue weighted by atomic mass is 9.63. The van der Waals surface area contributed by atoms with Crippen molar-refractivity contribution in [2.45, 2.75) is 65.5 Å². The van der Waals surface area contributed by atoms with Crippen LogP contribution in [0.25, 0.3) is 0 Å². The maximum atomic E-state index is 9.80. The molecule has 0 bridgehead atoms. The molecule has 0 aromatic heterocycles. The molecule has 1 atom stereocenters. The van der Waals surface area contributed by atoms with Crippen LogP contribution in [0.2, 0.25) is 0 Å².